The molecule has 0 aliphatic heterocycles. The molecule has 0 radical (unpaired) electrons. The van der Waals surface area contributed by atoms with E-state index in [1.165, 1.54) is 7.11 Å². The standard InChI is InChI=1S/C10H20O3Si/c1-7(2)8(3)9(10(11)12-4)13-14(5)6/h7,14H,1-6H3. The van der Waals surface area contributed by atoms with E-state index in [2.05, 4.69) is 4.74 Å². The Bertz CT molecular complexity index is 232. The lowest BCUT2D eigenvalue weighted by Crippen LogP contribution is -2.18. The molecule has 0 saturated heterocycles. The van der Waals surface area contributed by atoms with Crippen LogP contribution >= 0.6 is 0 Å². The molecule has 0 aliphatic carbocycles. The van der Waals surface area contributed by atoms with Crippen LogP contribution in [0, 0.1) is 5.92 Å². The van der Waals surface area contributed by atoms with Crippen LogP contribution in [0.4, 0.5) is 0 Å². The van der Waals surface area contributed by atoms with Crippen LogP contribution in [0.2, 0.25) is 13.1 Å². The third kappa shape index (κ3) is 3.96. The maximum Gasteiger partial charge on any atom is 0.371 e. The van der Waals surface area contributed by atoms with Gasteiger partial charge < -0.3 is 9.16 Å². The predicted octanol–water partition coefficient (Wildman–Crippen LogP) is 2.09. The minimum Gasteiger partial charge on any atom is -0.542 e. The topological polar surface area (TPSA) is 35.5 Å². The van der Waals surface area contributed by atoms with Crippen molar-refractivity contribution in [1.82, 2.24) is 0 Å². The number of carbonyl (C=O) groups is 1. The average Bonchev–Trinajstić information content (AvgIpc) is 2.11. The van der Waals surface area contributed by atoms with E-state index in [0.29, 0.717) is 11.7 Å². The summed E-state index contributed by atoms with van der Waals surface area (Å²) in [5.41, 5.74) is 0.957. The highest BCUT2D eigenvalue weighted by atomic mass is 28.3. The summed E-state index contributed by atoms with van der Waals surface area (Å²) < 4.78 is 10.3. The minimum atomic E-state index is -1.25. The fraction of sp³-hybridized carbons (Fsp3) is 0.700. The number of methoxy groups -OCH3 is 1. The number of carbonyl (C=O) groups excluding carboxylic acids is 1. The molecule has 0 aliphatic rings. The molecule has 0 N–H and O–H groups in total. The normalized spacial score (nSPS) is 12.9. The largest absolute Gasteiger partial charge is 0.542 e. The average molecular weight is 216 g/mol. The molecule has 0 amide bonds. The molecule has 14 heavy (non-hydrogen) atoms. The molecule has 0 rings (SSSR count). The molecule has 0 unspecified atom stereocenters. The van der Waals surface area contributed by atoms with Gasteiger partial charge in [-0.25, -0.2) is 4.79 Å². The summed E-state index contributed by atoms with van der Waals surface area (Å²) in [6, 6.07) is 0. The maximum atomic E-state index is 11.4. The van der Waals surface area contributed by atoms with Crippen molar-refractivity contribution in [1.29, 1.82) is 0 Å². The van der Waals surface area contributed by atoms with Crippen molar-refractivity contribution in [2.45, 2.75) is 33.9 Å². The molecule has 0 atom stereocenters. The van der Waals surface area contributed by atoms with Crippen LogP contribution in [0.3, 0.4) is 0 Å². The Labute approximate surface area is 87.8 Å². The van der Waals surface area contributed by atoms with Crippen molar-refractivity contribution in [2.24, 2.45) is 5.92 Å². The van der Waals surface area contributed by atoms with E-state index in [-0.39, 0.29) is 5.97 Å². The highest BCUT2D eigenvalue weighted by molar-refractivity contribution is 6.49. The fourth-order valence-electron chi connectivity index (χ4n) is 0.893. The highest BCUT2D eigenvalue weighted by Gasteiger charge is 2.18. The Morgan fingerprint density at radius 2 is 1.79 bits per heavy atom. The van der Waals surface area contributed by atoms with Gasteiger partial charge in [0, 0.05) is 0 Å². The van der Waals surface area contributed by atoms with E-state index in [1.54, 1.807) is 0 Å². The number of esters is 1. The summed E-state index contributed by atoms with van der Waals surface area (Å²) in [6.45, 7) is 10.0. The Morgan fingerprint density at radius 3 is 2.07 bits per heavy atom. The summed E-state index contributed by atoms with van der Waals surface area (Å²) in [7, 11) is 0.122. The van der Waals surface area contributed by atoms with Crippen molar-refractivity contribution in [3.63, 3.8) is 0 Å². The first-order valence-electron chi connectivity index (χ1n) is 4.85. The van der Waals surface area contributed by atoms with Gasteiger partial charge in [0.15, 0.2) is 5.76 Å². The van der Waals surface area contributed by atoms with Crippen molar-refractivity contribution >= 4 is 15.0 Å². The molecule has 0 aromatic heterocycles. The van der Waals surface area contributed by atoms with Crippen LogP contribution in [0.5, 0.6) is 0 Å². The van der Waals surface area contributed by atoms with Crippen LogP contribution in [0.1, 0.15) is 20.8 Å². The molecule has 4 heteroatoms. The first-order valence-corrected chi connectivity index (χ1v) is 7.64. The van der Waals surface area contributed by atoms with Gasteiger partial charge in [-0.3, -0.25) is 0 Å². The molecule has 0 spiro atoms. The minimum absolute atomic E-state index is 0.303. The zero-order valence-electron chi connectivity index (χ0n) is 9.88. The first-order chi connectivity index (χ1) is 6.40. The van der Waals surface area contributed by atoms with E-state index in [1.807, 2.05) is 33.9 Å². The summed E-state index contributed by atoms with van der Waals surface area (Å²) >= 11 is 0. The Kier molecular flexibility index (Phi) is 5.53. The second-order valence-electron chi connectivity index (χ2n) is 3.83. The lowest BCUT2D eigenvalue weighted by atomic mass is 10.0. The lowest BCUT2D eigenvalue weighted by Gasteiger charge is -2.16. The van der Waals surface area contributed by atoms with Gasteiger partial charge in [0.05, 0.1) is 7.11 Å². The Morgan fingerprint density at radius 1 is 1.29 bits per heavy atom. The monoisotopic (exact) mass is 216 g/mol. The van der Waals surface area contributed by atoms with Crippen LogP contribution in [-0.4, -0.2) is 22.1 Å². The van der Waals surface area contributed by atoms with Gasteiger partial charge in [-0.1, -0.05) is 13.8 Å². The van der Waals surface area contributed by atoms with Gasteiger partial charge in [0.1, 0.15) is 0 Å². The van der Waals surface area contributed by atoms with E-state index in [4.69, 9.17) is 4.43 Å². The fourth-order valence-corrected chi connectivity index (χ4v) is 1.65. The Hall–Kier alpha value is -0.773. The molecule has 3 nitrogen and oxygen atoms in total. The summed E-state index contributed by atoms with van der Waals surface area (Å²) in [4.78, 5) is 11.4. The van der Waals surface area contributed by atoms with Crippen molar-refractivity contribution in [3.8, 4) is 0 Å². The molecule has 0 saturated carbocycles. The summed E-state index contributed by atoms with van der Waals surface area (Å²) in [6.07, 6.45) is 0. The SMILES string of the molecule is COC(=O)C(O[SiH](C)C)=C(C)C(C)C. The maximum absolute atomic E-state index is 11.4. The van der Waals surface area contributed by atoms with Crippen LogP contribution in [-0.2, 0) is 14.0 Å². The zero-order valence-corrected chi connectivity index (χ0v) is 11.0. The number of hydrogen-bond donors (Lipinski definition) is 0. The Balaban J connectivity index is 4.88. The molecule has 0 heterocycles. The summed E-state index contributed by atoms with van der Waals surface area (Å²) in [5.74, 6) is 0.346. The lowest BCUT2D eigenvalue weighted by molar-refractivity contribution is -0.138. The van der Waals surface area contributed by atoms with Crippen molar-refractivity contribution < 1.29 is 14.0 Å². The van der Waals surface area contributed by atoms with Crippen LogP contribution in [0.15, 0.2) is 11.3 Å². The first kappa shape index (κ1) is 13.2. The molecule has 0 fully saturated rings. The second-order valence-corrected chi connectivity index (χ2v) is 6.16. The molecule has 0 aromatic rings. The quantitative estimate of drug-likeness (QED) is 0.312. The number of rotatable bonds is 4. The highest BCUT2D eigenvalue weighted by Crippen LogP contribution is 2.17. The molecule has 82 valence electrons. The van der Waals surface area contributed by atoms with E-state index < -0.39 is 9.04 Å². The summed E-state index contributed by atoms with van der Waals surface area (Å²) in [5, 5.41) is 0. The predicted molar refractivity (Wildman–Crippen MR) is 59.5 cm³/mol. The number of ether oxygens (including phenoxy) is 1. The molecular formula is C10H20O3Si. The third-order valence-corrected chi connectivity index (χ3v) is 2.66. The molecule has 0 aromatic carbocycles. The van der Waals surface area contributed by atoms with Crippen LogP contribution < -0.4 is 0 Å². The van der Waals surface area contributed by atoms with Gasteiger partial charge >= 0.3 is 5.97 Å². The van der Waals surface area contributed by atoms with Gasteiger partial charge in [0.25, 0.3) is 0 Å². The van der Waals surface area contributed by atoms with Gasteiger partial charge in [-0.15, -0.1) is 0 Å². The molecular weight excluding hydrogens is 196 g/mol. The van der Waals surface area contributed by atoms with E-state index >= 15 is 0 Å². The number of allylic oxidation sites excluding steroid dienone is 1. The molecule has 0 bridgehead atoms. The smallest absolute Gasteiger partial charge is 0.371 e. The van der Waals surface area contributed by atoms with Crippen molar-refractivity contribution in [3.05, 3.63) is 11.3 Å². The second kappa shape index (κ2) is 5.85. The third-order valence-electron chi connectivity index (χ3n) is 1.95. The number of hydrogen-bond acceptors (Lipinski definition) is 3. The van der Waals surface area contributed by atoms with Gasteiger partial charge in [-0.05, 0) is 31.5 Å². The zero-order chi connectivity index (χ0) is 11.3. The van der Waals surface area contributed by atoms with Gasteiger partial charge in [-0.2, -0.15) is 0 Å². The van der Waals surface area contributed by atoms with Gasteiger partial charge in [0.2, 0.25) is 9.04 Å². The van der Waals surface area contributed by atoms with E-state index in [0.717, 1.165) is 5.57 Å². The van der Waals surface area contributed by atoms with E-state index in [9.17, 15) is 4.79 Å². The van der Waals surface area contributed by atoms with Crippen molar-refractivity contribution in [2.75, 3.05) is 7.11 Å². The van der Waals surface area contributed by atoms with Crippen LogP contribution in [0.25, 0.3) is 0 Å².